The van der Waals surface area contributed by atoms with Crippen LogP contribution in [0.3, 0.4) is 0 Å². The second kappa shape index (κ2) is 6.68. The highest BCUT2D eigenvalue weighted by atomic mass is 32.1. The van der Waals surface area contributed by atoms with Crippen molar-refractivity contribution in [1.29, 1.82) is 0 Å². The van der Waals surface area contributed by atoms with Gasteiger partial charge in [-0.25, -0.2) is 0 Å². The minimum Gasteiger partial charge on any atom is -0.418 e. The molecule has 2 aromatic rings. The van der Waals surface area contributed by atoms with E-state index in [2.05, 4.69) is 22.0 Å². The summed E-state index contributed by atoms with van der Waals surface area (Å²) in [5, 5.41) is 10.5. The summed E-state index contributed by atoms with van der Waals surface area (Å²) >= 11 is 1.61. The number of piperidine rings is 1. The Kier molecular flexibility index (Phi) is 4.43. The molecular weight excluding hydrogens is 314 g/mol. The van der Waals surface area contributed by atoms with Gasteiger partial charge in [0.2, 0.25) is 5.89 Å². The minimum atomic E-state index is -0.0469. The molecule has 0 bridgehead atoms. The second-order valence-corrected chi connectivity index (χ2v) is 7.05. The van der Waals surface area contributed by atoms with Crippen LogP contribution in [0.4, 0.5) is 0 Å². The number of hydrogen-bond acceptors (Lipinski definition) is 7. The molecule has 7 heteroatoms. The Hall–Kier alpha value is -1.28. The standard InChI is InChI=1S/C16H21N3O3S/c1-11(14-17-18-15(22-14)13-5-3-9-23-13)19-6-2-4-12(10-19)16-20-7-8-21-16/h3,5,9,11-12,16H,2,4,6-8,10H2,1H3. The first-order valence-corrected chi connectivity index (χ1v) is 9.04. The highest BCUT2D eigenvalue weighted by molar-refractivity contribution is 7.13. The van der Waals surface area contributed by atoms with Gasteiger partial charge in [-0.1, -0.05) is 6.07 Å². The highest BCUT2D eigenvalue weighted by Crippen LogP contribution is 2.31. The van der Waals surface area contributed by atoms with Crippen LogP contribution in [0, 0.1) is 5.92 Å². The monoisotopic (exact) mass is 335 g/mol. The summed E-state index contributed by atoms with van der Waals surface area (Å²) < 4.78 is 17.2. The van der Waals surface area contributed by atoms with Crippen LogP contribution in [0.5, 0.6) is 0 Å². The van der Waals surface area contributed by atoms with Crippen LogP contribution in [0.25, 0.3) is 10.8 Å². The maximum absolute atomic E-state index is 5.89. The van der Waals surface area contributed by atoms with Crippen LogP contribution in [0.2, 0.25) is 0 Å². The Balaban J connectivity index is 1.44. The van der Waals surface area contributed by atoms with E-state index in [0.29, 0.717) is 30.9 Å². The van der Waals surface area contributed by atoms with Gasteiger partial charge < -0.3 is 13.9 Å². The molecule has 2 aliphatic heterocycles. The zero-order chi connectivity index (χ0) is 15.6. The van der Waals surface area contributed by atoms with Gasteiger partial charge in [0.1, 0.15) is 0 Å². The van der Waals surface area contributed by atoms with E-state index in [0.717, 1.165) is 30.8 Å². The van der Waals surface area contributed by atoms with Crippen LogP contribution in [0.1, 0.15) is 31.7 Å². The molecule has 6 nitrogen and oxygen atoms in total. The molecule has 0 N–H and O–H groups in total. The number of likely N-dealkylation sites (tertiary alicyclic amines) is 1. The average Bonchev–Trinajstić information content (AvgIpc) is 3.36. The van der Waals surface area contributed by atoms with Gasteiger partial charge in [0.25, 0.3) is 5.89 Å². The van der Waals surface area contributed by atoms with Crippen molar-refractivity contribution < 1.29 is 13.9 Å². The van der Waals surface area contributed by atoms with Crippen LogP contribution in [-0.2, 0) is 9.47 Å². The predicted molar refractivity (Wildman–Crippen MR) is 86.0 cm³/mol. The van der Waals surface area contributed by atoms with Gasteiger partial charge in [0.05, 0.1) is 24.1 Å². The lowest BCUT2D eigenvalue weighted by Gasteiger charge is -2.36. The number of aromatic nitrogens is 2. The summed E-state index contributed by atoms with van der Waals surface area (Å²) in [5.41, 5.74) is 0. The molecule has 2 saturated heterocycles. The van der Waals surface area contributed by atoms with E-state index in [1.54, 1.807) is 11.3 Å². The van der Waals surface area contributed by atoms with E-state index in [-0.39, 0.29) is 12.3 Å². The van der Waals surface area contributed by atoms with E-state index in [1.165, 1.54) is 0 Å². The molecule has 4 heterocycles. The van der Waals surface area contributed by atoms with E-state index in [1.807, 2.05) is 17.5 Å². The largest absolute Gasteiger partial charge is 0.418 e. The Bertz CT molecular complexity index is 624. The third kappa shape index (κ3) is 3.19. The van der Waals surface area contributed by atoms with Crippen LogP contribution in [0.15, 0.2) is 21.9 Å². The molecule has 0 aromatic carbocycles. The molecule has 2 fully saturated rings. The summed E-state index contributed by atoms with van der Waals surface area (Å²) in [7, 11) is 0. The lowest BCUT2D eigenvalue weighted by atomic mass is 9.96. The van der Waals surface area contributed by atoms with E-state index < -0.39 is 0 Å². The van der Waals surface area contributed by atoms with Crippen molar-refractivity contribution in [3.05, 3.63) is 23.4 Å². The van der Waals surface area contributed by atoms with Gasteiger partial charge >= 0.3 is 0 Å². The van der Waals surface area contributed by atoms with Gasteiger partial charge in [0, 0.05) is 12.5 Å². The maximum atomic E-state index is 5.89. The number of ether oxygens (including phenoxy) is 2. The van der Waals surface area contributed by atoms with Crippen molar-refractivity contribution in [2.24, 2.45) is 5.92 Å². The van der Waals surface area contributed by atoms with Crippen molar-refractivity contribution in [3.8, 4) is 10.8 Å². The molecule has 23 heavy (non-hydrogen) atoms. The first-order valence-electron chi connectivity index (χ1n) is 8.16. The van der Waals surface area contributed by atoms with E-state index in [9.17, 15) is 0 Å². The summed E-state index contributed by atoms with van der Waals surface area (Å²) in [4.78, 5) is 3.41. The molecular formula is C16H21N3O3S. The number of nitrogens with zero attached hydrogens (tertiary/aromatic N) is 3. The fourth-order valence-electron chi connectivity index (χ4n) is 3.32. The minimum absolute atomic E-state index is 0.0469. The van der Waals surface area contributed by atoms with Crippen molar-refractivity contribution in [2.45, 2.75) is 32.1 Å². The summed E-state index contributed by atoms with van der Waals surface area (Å²) in [5.74, 6) is 1.72. The molecule has 0 spiro atoms. The molecule has 2 atom stereocenters. The predicted octanol–water partition coefficient (Wildman–Crippen LogP) is 2.94. The normalized spacial score (nSPS) is 25.0. The molecule has 0 amide bonds. The summed E-state index contributed by atoms with van der Waals surface area (Å²) in [6.45, 7) is 5.54. The Morgan fingerprint density at radius 3 is 2.96 bits per heavy atom. The van der Waals surface area contributed by atoms with E-state index in [4.69, 9.17) is 13.9 Å². The fraction of sp³-hybridized carbons (Fsp3) is 0.625. The quantitative estimate of drug-likeness (QED) is 0.856. The van der Waals surface area contributed by atoms with Crippen molar-refractivity contribution in [3.63, 3.8) is 0 Å². The maximum Gasteiger partial charge on any atom is 0.257 e. The van der Waals surface area contributed by atoms with Crippen molar-refractivity contribution in [1.82, 2.24) is 15.1 Å². The lowest BCUT2D eigenvalue weighted by Crippen LogP contribution is -2.42. The molecule has 2 aromatic heterocycles. The van der Waals surface area contributed by atoms with Crippen molar-refractivity contribution >= 4 is 11.3 Å². The molecule has 4 rings (SSSR count). The van der Waals surface area contributed by atoms with Crippen LogP contribution in [-0.4, -0.2) is 47.7 Å². The van der Waals surface area contributed by atoms with Crippen molar-refractivity contribution in [2.75, 3.05) is 26.3 Å². The van der Waals surface area contributed by atoms with Crippen LogP contribution < -0.4 is 0 Å². The van der Waals surface area contributed by atoms with Gasteiger partial charge in [-0.2, -0.15) is 0 Å². The average molecular weight is 335 g/mol. The second-order valence-electron chi connectivity index (χ2n) is 6.11. The smallest absolute Gasteiger partial charge is 0.257 e. The Morgan fingerprint density at radius 1 is 1.30 bits per heavy atom. The van der Waals surface area contributed by atoms with Gasteiger partial charge in [-0.15, -0.1) is 21.5 Å². The topological polar surface area (TPSA) is 60.6 Å². The molecule has 0 radical (unpaired) electrons. The van der Waals surface area contributed by atoms with Gasteiger partial charge in [-0.3, -0.25) is 4.90 Å². The number of hydrogen-bond donors (Lipinski definition) is 0. The highest BCUT2D eigenvalue weighted by Gasteiger charge is 2.34. The molecule has 0 saturated carbocycles. The number of thiophene rings is 1. The SMILES string of the molecule is CC(c1nnc(-c2cccs2)o1)N1CCCC(C2OCCO2)C1. The zero-order valence-corrected chi connectivity index (χ0v) is 14.0. The first-order chi connectivity index (χ1) is 11.3. The molecule has 2 unspecified atom stereocenters. The fourth-order valence-corrected chi connectivity index (χ4v) is 3.97. The summed E-state index contributed by atoms with van der Waals surface area (Å²) in [6.07, 6.45) is 2.25. The van der Waals surface area contributed by atoms with E-state index >= 15 is 0 Å². The third-order valence-corrected chi connectivity index (χ3v) is 5.46. The molecule has 0 aliphatic carbocycles. The molecule has 2 aliphatic rings. The Labute approximate surface area is 139 Å². The lowest BCUT2D eigenvalue weighted by molar-refractivity contribution is -0.104. The van der Waals surface area contributed by atoms with Gasteiger partial charge in [0.15, 0.2) is 6.29 Å². The summed E-state index contributed by atoms with van der Waals surface area (Å²) in [6, 6.07) is 4.10. The zero-order valence-electron chi connectivity index (χ0n) is 13.2. The molecule has 124 valence electrons. The first kappa shape index (κ1) is 15.3. The van der Waals surface area contributed by atoms with Gasteiger partial charge in [-0.05, 0) is 37.8 Å². The third-order valence-electron chi connectivity index (χ3n) is 4.60. The van der Waals surface area contributed by atoms with Crippen LogP contribution >= 0.6 is 11.3 Å². The Morgan fingerprint density at radius 2 is 2.17 bits per heavy atom. The number of rotatable bonds is 4.